The average molecular weight is 438 g/mol. The van der Waals surface area contributed by atoms with Crippen LogP contribution in [-0.4, -0.2) is 46.0 Å². The molecule has 0 aromatic rings. The molecule has 30 heavy (non-hydrogen) atoms. The lowest BCUT2D eigenvalue weighted by atomic mass is 10.1. The number of allylic oxidation sites excluding steroid dienone is 2. The Hall–Kier alpha value is -1.54. The van der Waals surface area contributed by atoms with Crippen molar-refractivity contribution in [1.82, 2.24) is 9.62 Å². The minimum absolute atomic E-state index is 0.0388. The van der Waals surface area contributed by atoms with Crippen LogP contribution >= 0.6 is 11.9 Å². The molecule has 3 rings (SSSR count). The second-order valence-electron chi connectivity index (χ2n) is 9.38. The van der Waals surface area contributed by atoms with E-state index in [2.05, 4.69) is 29.5 Å². The summed E-state index contributed by atoms with van der Waals surface area (Å²) in [6, 6.07) is -0.752. The number of quaternary nitrogens is 1. The summed E-state index contributed by atoms with van der Waals surface area (Å²) >= 11 is 1.60. The van der Waals surface area contributed by atoms with E-state index < -0.39 is 11.9 Å². The first-order valence-electron chi connectivity index (χ1n) is 11.4. The second kappa shape index (κ2) is 10.2. The molecule has 3 amide bonds. The normalized spacial score (nSPS) is 27.8. The van der Waals surface area contributed by atoms with Gasteiger partial charge in [0, 0.05) is 23.6 Å². The van der Waals surface area contributed by atoms with E-state index >= 15 is 0 Å². The summed E-state index contributed by atoms with van der Waals surface area (Å²) in [6.07, 6.45) is 14.1. The van der Waals surface area contributed by atoms with Gasteiger partial charge in [-0.15, -0.1) is 0 Å². The summed E-state index contributed by atoms with van der Waals surface area (Å²) in [4.78, 5) is 37.7. The molecule has 0 bridgehead atoms. The fraction of sp³-hybridized carbons (Fsp3) is 0.773. The van der Waals surface area contributed by atoms with Crippen molar-refractivity contribution < 1.29 is 20.1 Å². The monoisotopic (exact) mass is 437 g/mol. The number of nitrogens with zero attached hydrogens (tertiary/aromatic N) is 1. The minimum atomic E-state index is -0.449. The van der Waals surface area contributed by atoms with Gasteiger partial charge in [-0.2, -0.15) is 0 Å². The van der Waals surface area contributed by atoms with Gasteiger partial charge in [0.25, 0.3) is 5.91 Å². The van der Waals surface area contributed by atoms with Crippen molar-refractivity contribution in [2.45, 2.75) is 88.0 Å². The highest BCUT2D eigenvalue weighted by molar-refractivity contribution is 7.99. The van der Waals surface area contributed by atoms with Gasteiger partial charge in [-0.3, -0.25) is 19.1 Å². The standard InChI is InChI=1S/C22H36N4O3S/c1-22(11-12-22)30-25-20(28)16-14-15(16)8-5-3-2-4-6-9-17(23)21(29)26-13-7-10-18(26)19(24)27/h5,8,15-18H,2-4,6-7,9-14,23H2,1H3,(H2,24,27)(H,25,28)/p+1/b8-5-/t15-,16?,17+,18+/m1/s1. The van der Waals surface area contributed by atoms with Crippen LogP contribution in [0.5, 0.6) is 0 Å². The maximum absolute atomic E-state index is 12.5. The highest BCUT2D eigenvalue weighted by Crippen LogP contribution is 2.47. The van der Waals surface area contributed by atoms with Gasteiger partial charge in [-0.1, -0.05) is 18.6 Å². The maximum atomic E-state index is 12.5. The maximum Gasteiger partial charge on any atom is 0.281 e. The summed E-state index contributed by atoms with van der Waals surface area (Å²) in [6.45, 7) is 2.81. The Labute approximate surface area is 183 Å². The van der Waals surface area contributed by atoms with E-state index in [1.807, 2.05) is 0 Å². The first-order chi connectivity index (χ1) is 14.3. The van der Waals surface area contributed by atoms with Crippen LogP contribution in [0.15, 0.2) is 12.2 Å². The number of amides is 3. The third kappa shape index (κ3) is 6.48. The lowest BCUT2D eigenvalue weighted by Gasteiger charge is -2.23. The van der Waals surface area contributed by atoms with Crippen molar-refractivity contribution in [3.05, 3.63) is 12.2 Å². The van der Waals surface area contributed by atoms with Gasteiger partial charge in [-0.25, -0.2) is 0 Å². The third-order valence-electron chi connectivity index (χ3n) is 6.55. The Morgan fingerprint density at radius 1 is 1.30 bits per heavy atom. The van der Waals surface area contributed by atoms with Crippen LogP contribution in [0.1, 0.15) is 71.1 Å². The molecule has 0 aromatic heterocycles. The van der Waals surface area contributed by atoms with Crippen LogP contribution in [0, 0.1) is 11.8 Å². The lowest BCUT2D eigenvalue weighted by Crippen LogP contribution is -2.68. The van der Waals surface area contributed by atoms with E-state index in [4.69, 9.17) is 5.73 Å². The molecule has 1 aliphatic heterocycles. The van der Waals surface area contributed by atoms with Crippen molar-refractivity contribution in [1.29, 1.82) is 0 Å². The van der Waals surface area contributed by atoms with Crippen molar-refractivity contribution >= 4 is 29.7 Å². The Morgan fingerprint density at radius 2 is 2.07 bits per heavy atom. The van der Waals surface area contributed by atoms with E-state index in [-0.39, 0.29) is 28.5 Å². The quantitative estimate of drug-likeness (QED) is 0.244. The molecule has 1 saturated heterocycles. The van der Waals surface area contributed by atoms with Gasteiger partial charge < -0.3 is 16.4 Å². The average Bonchev–Trinajstić information content (AvgIpc) is 3.60. The molecular formula is C22H37N4O3S+. The predicted octanol–water partition coefficient (Wildman–Crippen LogP) is 1.53. The molecule has 7 nitrogen and oxygen atoms in total. The number of nitrogens with one attached hydrogen (secondary N) is 1. The molecule has 0 spiro atoms. The molecule has 2 aliphatic carbocycles. The number of likely N-dealkylation sites (tertiary alicyclic amines) is 1. The Bertz CT molecular complexity index is 679. The topological polar surface area (TPSA) is 120 Å². The zero-order valence-corrected chi connectivity index (χ0v) is 18.9. The smallest absolute Gasteiger partial charge is 0.281 e. The first kappa shape index (κ1) is 23.1. The van der Waals surface area contributed by atoms with Crippen LogP contribution in [0.25, 0.3) is 0 Å². The molecule has 4 atom stereocenters. The van der Waals surface area contributed by atoms with Gasteiger partial charge in [-0.05, 0) is 76.2 Å². The Morgan fingerprint density at radius 3 is 2.77 bits per heavy atom. The number of primary amides is 1. The Balaban J connectivity index is 1.22. The van der Waals surface area contributed by atoms with Gasteiger partial charge in [0.15, 0.2) is 6.04 Å². The summed E-state index contributed by atoms with van der Waals surface area (Å²) < 4.78 is 3.31. The van der Waals surface area contributed by atoms with Gasteiger partial charge in [0.05, 0.1) is 0 Å². The fourth-order valence-electron chi connectivity index (χ4n) is 4.04. The summed E-state index contributed by atoms with van der Waals surface area (Å²) in [5.74, 6) is 0.293. The van der Waals surface area contributed by atoms with E-state index in [0.29, 0.717) is 18.9 Å². The summed E-state index contributed by atoms with van der Waals surface area (Å²) in [5.41, 5.74) is 9.40. The SMILES string of the molecule is CC1(SNC(=O)C2C[C@H]2/C=C\CCCCC[C@H]([NH3+])C(=O)N2CCC[C@H]2C(N)=O)CC1. The summed E-state index contributed by atoms with van der Waals surface area (Å²) in [5, 5.41) is 0. The van der Waals surface area contributed by atoms with Crippen molar-refractivity contribution in [3.8, 4) is 0 Å². The molecule has 8 heteroatoms. The largest absolute Gasteiger partial charge is 0.368 e. The van der Waals surface area contributed by atoms with Crippen LogP contribution < -0.4 is 16.2 Å². The lowest BCUT2D eigenvalue weighted by molar-refractivity contribution is -0.407. The first-order valence-corrected chi connectivity index (χ1v) is 12.2. The Kier molecular flexibility index (Phi) is 7.85. The molecule has 3 fully saturated rings. The minimum Gasteiger partial charge on any atom is -0.368 e. The molecule has 1 unspecified atom stereocenters. The fourth-order valence-corrected chi connectivity index (χ4v) is 4.85. The summed E-state index contributed by atoms with van der Waals surface area (Å²) in [7, 11) is 0. The molecule has 3 aliphatic rings. The van der Waals surface area contributed by atoms with Gasteiger partial charge in [0.1, 0.15) is 6.04 Å². The van der Waals surface area contributed by atoms with Crippen LogP contribution in [-0.2, 0) is 14.4 Å². The van der Waals surface area contributed by atoms with E-state index in [9.17, 15) is 14.4 Å². The number of hydrogen-bond donors (Lipinski definition) is 3. The van der Waals surface area contributed by atoms with Crippen LogP contribution in [0.2, 0.25) is 0 Å². The number of rotatable bonds is 12. The van der Waals surface area contributed by atoms with Crippen molar-refractivity contribution in [3.63, 3.8) is 0 Å². The number of carbonyl (C=O) groups excluding carboxylic acids is 3. The molecule has 1 heterocycles. The molecule has 168 valence electrons. The molecule has 0 radical (unpaired) electrons. The van der Waals surface area contributed by atoms with E-state index in [1.165, 1.54) is 12.8 Å². The third-order valence-corrected chi connectivity index (χ3v) is 7.75. The number of unbranched alkanes of at least 4 members (excludes halogenated alkanes) is 3. The number of nitrogens with two attached hydrogens (primary N) is 1. The zero-order chi connectivity index (χ0) is 21.7. The predicted molar refractivity (Wildman–Crippen MR) is 118 cm³/mol. The van der Waals surface area contributed by atoms with E-state index in [1.54, 1.807) is 16.8 Å². The molecule has 6 N–H and O–H groups in total. The van der Waals surface area contributed by atoms with Crippen LogP contribution in [0.3, 0.4) is 0 Å². The zero-order valence-electron chi connectivity index (χ0n) is 18.1. The highest BCUT2D eigenvalue weighted by atomic mass is 32.2. The van der Waals surface area contributed by atoms with Gasteiger partial charge in [0.2, 0.25) is 11.8 Å². The molecule has 0 aromatic carbocycles. The second-order valence-corrected chi connectivity index (χ2v) is 10.8. The highest BCUT2D eigenvalue weighted by Gasteiger charge is 2.44. The number of hydrogen-bond acceptors (Lipinski definition) is 4. The van der Waals surface area contributed by atoms with Crippen LogP contribution in [0.4, 0.5) is 0 Å². The molecule has 2 saturated carbocycles. The van der Waals surface area contributed by atoms with Crippen molar-refractivity contribution in [2.75, 3.05) is 6.54 Å². The molecular weight excluding hydrogens is 400 g/mol. The van der Waals surface area contributed by atoms with Gasteiger partial charge >= 0.3 is 0 Å². The number of carbonyl (C=O) groups is 3. The van der Waals surface area contributed by atoms with E-state index in [0.717, 1.165) is 44.9 Å². The van der Waals surface area contributed by atoms with Crippen molar-refractivity contribution in [2.24, 2.45) is 17.6 Å².